The Morgan fingerprint density at radius 1 is 1.29 bits per heavy atom. The first-order valence-corrected chi connectivity index (χ1v) is 4.23. The summed E-state index contributed by atoms with van der Waals surface area (Å²) in [7, 11) is 0. The molecule has 0 saturated carbocycles. The quantitative estimate of drug-likeness (QED) is 0.761. The van der Waals surface area contributed by atoms with Crippen LogP contribution >= 0.6 is 0 Å². The van der Waals surface area contributed by atoms with Gasteiger partial charge in [0.2, 0.25) is 5.89 Å². The third kappa shape index (κ3) is 1.49. The summed E-state index contributed by atoms with van der Waals surface area (Å²) >= 11 is 0. The van der Waals surface area contributed by atoms with E-state index in [0.717, 1.165) is 16.9 Å². The molecule has 72 valence electrons. The fourth-order valence-corrected chi connectivity index (χ4v) is 1.18. The van der Waals surface area contributed by atoms with E-state index in [9.17, 15) is 0 Å². The SMILES string of the molecule is Cc1cnc(-c2cnncc2CN)o1. The Morgan fingerprint density at radius 2 is 2.07 bits per heavy atom. The Hall–Kier alpha value is -1.75. The van der Waals surface area contributed by atoms with Crippen molar-refractivity contribution in [1.29, 1.82) is 0 Å². The van der Waals surface area contributed by atoms with Gasteiger partial charge in [0.15, 0.2) is 0 Å². The van der Waals surface area contributed by atoms with Gasteiger partial charge >= 0.3 is 0 Å². The van der Waals surface area contributed by atoms with E-state index in [1.54, 1.807) is 18.6 Å². The molecule has 2 N–H and O–H groups in total. The van der Waals surface area contributed by atoms with Crippen molar-refractivity contribution in [3.8, 4) is 11.5 Å². The maximum absolute atomic E-state index is 5.56. The molecule has 2 aromatic heterocycles. The Labute approximate surface area is 81.0 Å². The summed E-state index contributed by atoms with van der Waals surface area (Å²) in [6.07, 6.45) is 4.89. The van der Waals surface area contributed by atoms with E-state index in [4.69, 9.17) is 10.2 Å². The summed E-state index contributed by atoms with van der Waals surface area (Å²) in [5.41, 5.74) is 7.24. The zero-order chi connectivity index (χ0) is 9.97. The first kappa shape index (κ1) is 8.83. The highest BCUT2D eigenvalue weighted by Crippen LogP contribution is 2.20. The van der Waals surface area contributed by atoms with E-state index in [1.807, 2.05) is 6.92 Å². The minimum absolute atomic E-state index is 0.395. The molecule has 0 aliphatic carbocycles. The van der Waals surface area contributed by atoms with Crippen LogP contribution in [0.15, 0.2) is 23.0 Å². The highest BCUT2D eigenvalue weighted by Gasteiger charge is 2.09. The first-order chi connectivity index (χ1) is 6.81. The van der Waals surface area contributed by atoms with E-state index < -0.39 is 0 Å². The second kappa shape index (κ2) is 3.55. The van der Waals surface area contributed by atoms with Crippen molar-refractivity contribution in [3.05, 3.63) is 29.9 Å². The molecule has 2 heterocycles. The van der Waals surface area contributed by atoms with Crippen LogP contribution in [0.3, 0.4) is 0 Å². The highest BCUT2D eigenvalue weighted by atomic mass is 16.4. The number of hydrogen-bond donors (Lipinski definition) is 1. The van der Waals surface area contributed by atoms with E-state index in [1.165, 1.54) is 0 Å². The lowest BCUT2D eigenvalue weighted by molar-refractivity contribution is 0.541. The summed E-state index contributed by atoms with van der Waals surface area (Å²) in [5, 5.41) is 7.52. The maximum atomic E-state index is 5.56. The smallest absolute Gasteiger partial charge is 0.228 e. The molecule has 14 heavy (non-hydrogen) atoms. The number of nitrogens with two attached hydrogens (primary N) is 1. The number of aryl methyl sites for hydroxylation is 1. The molecule has 5 heteroatoms. The van der Waals surface area contributed by atoms with Gasteiger partial charge in [0.25, 0.3) is 0 Å². The molecule has 0 radical (unpaired) electrons. The second-order valence-corrected chi connectivity index (χ2v) is 2.91. The molecule has 0 saturated heterocycles. The van der Waals surface area contributed by atoms with Crippen LogP contribution in [0.4, 0.5) is 0 Å². The predicted molar refractivity (Wildman–Crippen MR) is 50.2 cm³/mol. The standard InChI is InChI=1S/C9H10N4O/c1-6-3-11-9(14-6)8-5-13-12-4-7(8)2-10/h3-5H,2,10H2,1H3. The molecule has 0 spiro atoms. The topological polar surface area (TPSA) is 77.8 Å². The van der Waals surface area contributed by atoms with Crippen LogP contribution in [0.25, 0.3) is 11.5 Å². The number of hydrogen-bond acceptors (Lipinski definition) is 5. The van der Waals surface area contributed by atoms with Crippen LogP contribution in [0.1, 0.15) is 11.3 Å². The zero-order valence-corrected chi connectivity index (χ0v) is 7.77. The molecular formula is C9H10N4O. The van der Waals surface area contributed by atoms with E-state index in [2.05, 4.69) is 15.2 Å². The van der Waals surface area contributed by atoms with Gasteiger partial charge in [0.1, 0.15) is 5.76 Å². The minimum atomic E-state index is 0.395. The average molecular weight is 190 g/mol. The van der Waals surface area contributed by atoms with Gasteiger partial charge in [-0.3, -0.25) is 0 Å². The monoisotopic (exact) mass is 190 g/mol. The lowest BCUT2D eigenvalue weighted by Gasteiger charge is -2.00. The van der Waals surface area contributed by atoms with Gasteiger partial charge in [-0.2, -0.15) is 10.2 Å². The largest absolute Gasteiger partial charge is 0.441 e. The molecular weight excluding hydrogens is 180 g/mol. The first-order valence-electron chi connectivity index (χ1n) is 4.23. The van der Waals surface area contributed by atoms with Crippen molar-refractivity contribution in [2.45, 2.75) is 13.5 Å². The predicted octanol–water partition coefficient (Wildman–Crippen LogP) is 0.899. The lowest BCUT2D eigenvalue weighted by atomic mass is 10.2. The van der Waals surface area contributed by atoms with Gasteiger partial charge in [-0.05, 0) is 6.92 Å². The zero-order valence-electron chi connectivity index (χ0n) is 7.77. The van der Waals surface area contributed by atoms with Crippen LogP contribution in [0.5, 0.6) is 0 Å². The highest BCUT2D eigenvalue weighted by molar-refractivity contribution is 5.56. The molecule has 0 amide bonds. The van der Waals surface area contributed by atoms with Crippen LogP contribution in [-0.4, -0.2) is 15.2 Å². The molecule has 0 aliphatic heterocycles. The minimum Gasteiger partial charge on any atom is -0.441 e. The van der Waals surface area contributed by atoms with Crippen LogP contribution in [0.2, 0.25) is 0 Å². The van der Waals surface area contributed by atoms with Gasteiger partial charge in [-0.1, -0.05) is 0 Å². The molecule has 2 aromatic rings. The number of nitrogens with zero attached hydrogens (tertiary/aromatic N) is 3. The third-order valence-electron chi connectivity index (χ3n) is 1.88. The normalized spacial score (nSPS) is 10.4. The summed E-state index contributed by atoms with van der Waals surface area (Å²) in [6.45, 7) is 2.24. The number of oxazole rings is 1. The van der Waals surface area contributed by atoms with Crippen molar-refractivity contribution in [2.24, 2.45) is 5.73 Å². The van der Waals surface area contributed by atoms with E-state index >= 15 is 0 Å². The molecule has 0 atom stereocenters. The average Bonchev–Trinajstić information content (AvgIpc) is 2.65. The van der Waals surface area contributed by atoms with Gasteiger partial charge < -0.3 is 10.2 Å². The van der Waals surface area contributed by atoms with Crippen molar-refractivity contribution in [1.82, 2.24) is 15.2 Å². The van der Waals surface area contributed by atoms with Crippen LogP contribution in [-0.2, 0) is 6.54 Å². The molecule has 5 nitrogen and oxygen atoms in total. The summed E-state index contributed by atoms with van der Waals surface area (Å²) in [5.74, 6) is 1.30. The molecule has 0 aromatic carbocycles. The second-order valence-electron chi connectivity index (χ2n) is 2.91. The summed E-state index contributed by atoms with van der Waals surface area (Å²) < 4.78 is 5.38. The molecule has 0 fully saturated rings. The van der Waals surface area contributed by atoms with Gasteiger partial charge in [-0.25, -0.2) is 4.98 Å². The number of rotatable bonds is 2. The van der Waals surface area contributed by atoms with E-state index in [-0.39, 0.29) is 0 Å². The number of aromatic nitrogens is 3. The van der Waals surface area contributed by atoms with Crippen molar-refractivity contribution >= 4 is 0 Å². The Kier molecular flexibility index (Phi) is 2.24. The van der Waals surface area contributed by atoms with Gasteiger partial charge in [0, 0.05) is 12.1 Å². The summed E-state index contributed by atoms with van der Waals surface area (Å²) in [4.78, 5) is 4.10. The third-order valence-corrected chi connectivity index (χ3v) is 1.88. The Morgan fingerprint density at radius 3 is 2.71 bits per heavy atom. The van der Waals surface area contributed by atoms with Crippen LogP contribution in [0, 0.1) is 6.92 Å². The molecule has 0 aliphatic rings. The Balaban J connectivity index is 2.50. The summed E-state index contributed by atoms with van der Waals surface area (Å²) in [6, 6.07) is 0. The van der Waals surface area contributed by atoms with Crippen molar-refractivity contribution in [3.63, 3.8) is 0 Å². The molecule has 0 bridgehead atoms. The molecule has 2 rings (SSSR count). The van der Waals surface area contributed by atoms with Gasteiger partial charge in [0.05, 0.1) is 24.2 Å². The van der Waals surface area contributed by atoms with E-state index in [0.29, 0.717) is 12.4 Å². The lowest BCUT2D eigenvalue weighted by Crippen LogP contribution is -2.00. The van der Waals surface area contributed by atoms with Crippen molar-refractivity contribution in [2.75, 3.05) is 0 Å². The maximum Gasteiger partial charge on any atom is 0.228 e. The fourth-order valence-electron chi connectivity index (χ4n) is 1.18. The van der Waals surface area contributed by atoms with Gasteiger partial charge in [-0.15, -0.1) is 0 Å². The fraction of sp³-hybridized carbons (Fsp3) is 0.222. The van der Waals surface area contributed by atoms with Crippen LogP contribution < -0.4 is 5.73 Å². The Bertz CT molecular complexity index is 438. The molecule has 0 unspecified atom stereocenters. The van der Waals surface area contributed by atoms with Crippen molar-refractivity contribution < 1.29 is 4.42 Å².